The highest BCUT2D eigenvalue weighted by Gasteiger charge is 2.40. The molecule has 2 unspecified atom stereocenters. The van der Waals surface area contributed by atoms with Gasteiger partial charge in [-0.1, -0.05) is 43.2 Å². The van der Waals surface area contributed by atoms with Crippen molar-refractivity contribution in [2.24, 2.45) is 0 Å². The number of alkyl halides is 3. The number of aromatic nitrogens is 2. The van der Waals surface area contributed by atoms with Gasteiger partial charge in [0.2, 0.25) is 0 Å². The zero-order chi connectivity index (χ0) is 22.0. The molecule has 0 bridgehead atoms. The van der Waals surface area contributed by atoms with E-state index in [9.17, 15) is 18.0 Å². The fourth-order valence-electron chi connectivity index (χ4n) is 4.16. The van der Waals surface area contributed by atoms with E-state index in [-0.39, 0.29) is 0 Å². The number of nitrogens with zero attached hydrogens (tertiary/aromatic N) is 2. The van der Waals surface area contributed by atoms with Gasteiger partial charge in [-0.15, -0.1) is 0 Å². The van der Waals surface area contributed by atoms with Gasteiger partial charge in [0, 0.05) is 5.39 Å². The smallest absolute Gasteiger partial charge is 0.471 e. The van der Waals surface area contributed by atoms with Crippen LogP contribution >= 0.6 is 0 Å². The van der Waals surface area contributed by atoms with Gasteiger partial charge in [0.15, 0.2) is 0 Å². The molecule has 1 heterocycles. The number of carbonyl (C=O) groups excluding carboxylic acids is 1. The fourth-order valence-corrected chi connectivity index (χ4v) is 4.16. The molecule has 1 amide bonds. The van der Waals surface area contributed by atoms with Crippen LogP contribution in [0, 0.1) is 0 Å². The monoisotopic (exact) mass is 431 g/mol. The largest absolute Gasteiger partial charge is 0.484 e. The van der Waals surface area contributed by atoms with Crippen LogP contribution in [0.4, 0.5) is 13.2 Å². The number of nitrogens with one attached hydrogen (secondary N) is 1. The number of hydrogen-bond acceptors (Lipinski definition) is 3. The van der Waals surface area contributed by atoms with E-state index in [0.29, 0.717) is 17.4 Å². The lowest BCUT2D eigenvalue weighted by atomic mass is 10.0. The number of ether oxygens (including phenoxy) is 1. The summed E-state index contributed by atoms with van der Waals surface area (Å²) in [4.78, 5) is 11.5. The Morgan fingerprint density at radius 3 is 2.55 bits per heavy atom. The summed E-state index contributed by atoms with van der Waals surface area (Å²) in [7, 11) is 0. The maximum Gasteiger partial charge on any atom is 0.471 e. The highest BCUT2D eigenvalue weighted by Crippen LogP contribution is 2.33. The van der Waals surface area contributed by atoms with Gasteiger partial charge in [0.1, 0.15) is 11.9 Å². The molecule has 8 heteroatoms. The maximum atomic E-state index is 12.7. The summed E-state index contributed by atoms with van der Waals surface area (Å²) in [5.74, 6) is -1.49. The van der Waals surface area contributed by atoms with Gasteiger partial charge in [0.05, 0.1) is 23.8 Å². The van der Waals surface area contributed by atoms with E-state index in [2.05, 4.69) is 5.10 Å². The molecule has 4 rings (SSSR count). The minimum Gasteiger partial charge on any atom is -0.484 e. The predicted molar refractivity (Wildman–Crippen MR) is 111 cm³/mol. The third-order valence-corrected chi connectivity index (χ3v) is 5.70. The number of amides is 1. The van der Waals surface area contributed by atoms with Gasteiger partial charge < -0.3 is 10.1 Å². The number of halogens is 3. The Kier molecular flexibility index (Phi) is 5.89. The van der Waals surface area contributed by atoms with E-state index in [4.69, 9.17) is 4.74 Å². The first kappa shape index (κ1) is 21.2. The summed E-state index contributed by atoms with van der Waals surface area (Å²) in [5, 5.41) is 7.45. The third-order valence-electron chi connectivity index (χ3n) is 5.70. The third kappa shape index (κ3) is 4.68. The summed E-state index contributed by atoms with van der Waals surface area (Å²) in [6.45, 7) is 1.50. The Labute approximate surface area is 178 Å². The van der Waals surface area contributed by atoms with Crippen molar-refractivity contribution in [2.45, 2.75) is 57.0 Å². The van der Waals surface area contributed by atoms with E-state index in [1.807, 2.05) is 28.2 Å². The first-order valence-electron chi connectivity index (χ1n) is 10.4. The molecular formula is C23H24F3N3O2. The molecule has 2 aromatic carbocycles. The molecule has 0 spiro atoms. The fraction of sp³-hybridized carbons (Fsp3) is 0.391. The molecule has 3 aromatic rings. The molecule has 1 fully saturated rings. The van der Waals surface area contributed by atoms with Gasteiger partial charge >= 0.3 is 12.1 Å². The van der Waals surface area contributed by atoms with E-state index in [0.717, 1.165) is 23.7 Å². The van der Waals surface area contributed by atoms with Crippen LogP contribution in [0.25, 0.3) is 10.9 Å². The second kappa shape index (κ2) is 8.61. The Hall–Kier alpha value is -3.03. The van der Waals surface area contributed by atoms with Crippen molar-refractivity contribution in [1.29, 1.82) is 0 Å². The van der Waals surface area contributed by atoms with Crippen LogP contribution in [0.1, 0.15) is 50.3 Å². The number of fused-ring (bicyclic) bond motifs is 1. The molecule has 1 aliphatic carbocycles. The van der Waals surface area contributed by atoms with E-state index < -0.39 is 24.2 Å². The van der Waals surface area contributed by atoms with Crippen LogP contribution in [0.3, 0.4) is 0 Å². The zero-order valence-electron chi connectivity index (χ0n) is 17.1. The molecule has 1 aromatic heterocycles. The van der Waals surface area contributed by atoms with E-state index in [1.165, 1.54) is 19.8 Å². The molecule has 164 valence electrons. The summed E-state index contributed by atoms with van der Waals surface area (Å²) in [6, 6.07) is 13.9. The Balaban J connectivity index is 1.59. The summed E-state index contributed by atoms with van der Waals surface area (Å²) < 4.78 is 46.4. The van der Waals surface area contributed by atoms with Crippen LogP contribution in [-0.4, -0.2) is 27.9 Å². The Morgan fingerprint density at radius 2 is 1.87 bits per heavy atom. The molecule has 0 radical (unpaired) electrons. The second-order valence-electron chi connectivity index (χ2n) is 7.96. The molecule has 0 saturated heterocycles. The second-order valence-corrected chi connectivity index (χ2v) is 7.96. The van der Waals surface area contributed by atoms with E-state index >= 15 is 0 Å². The lowest BCUT2D eigenvalue weighted by Crippen LogP contribution is -2.45. The van der Waals surface area contributed by atoms with Gasteiger partial charge in [-0.25, -0.2) is 0 Å². The molecule has 1 aliphatic rings. The van der Waals surface area contributed by atoms with Crippen molar-refractivity contribution >= 4 is 16.8 Å². The average molecular weight is 431 g/mol. The van der Waals surface area contributed by atoms with Crippen LogP contribution in [0.5, 0.6) is 5.75 Å². The summed E-state index contributed by atoms with van der Waals surface area (Å²) in [6.07, 6.45) is 0.662. The summed E-state index contributed by atoms with van der Waals surface area (Å²) in [5.41, 5.74) is 1.67. The van der Waals surface area contributed by atoms with Crippen molar-refractivity contribution in [3.8, 4) is 5.75 Å². The molecule has 2 atom stereocenters. The number of carbonyl (C=O) groups is 1. The molecule has 31 heavy (non-hydrogen) atoms. The first-order chi connectivity index (χ1) is 14.8. The predicted octanol–water partition coefficient (Wildman–Crippen LogP) is 5.34. The van der Waals surface area contributed by atoms with Crippen LogP contribution in [0.15, 0.2) is 54.7 Å². The highest BCUT2D eigenvalue weighted by atomic mass is 19.4. The molecule has 5 nitrogen and oxygen atoms in total. The number of benzene rings is 2. The Bertz CT molecular complexity index is 1040. The SMILES string of the molecule is CC(NC(=O)C(F)(F)F)C(Oc1ccc2c(cnn2C2CCCC2)c1)c1ccccc1. The van der Waals surface area contributed by atoms with Gasteiger partial charge in [0.25, 0.3) is 0 Å². The average Bonchev–Trinajstić information content (AvgIpc) is 3.41. The maximum absolute atomic E-state index is 12.7. The summed E-state index contributed by atoms with van der Waals surface area (Å²) >= 11 is 0. The topological polar surface area (TPSA) is 56.1 Å². The minimum atomic E-state index is -4.96. The van der Waals surface area contributed by atoms with Crippen LogP contribution in [-0.2, 0) is 4.79 Å². The lowest BCUT2D eigenvalue weighted by molar-refractivity contribution is -0.174. The number of hydrogen-bond donors (Lipinski definition) is 1. The minimum absolute atomic E-state index is 0.402. The molecular weight excluding hydrogens is 407 g/mol. The van der Waals surface area contributed by atoms with Crippen molar-refractivity contribution in [2.75, 3.05) is 0 Å². The Morgan fingerprint density at radius 1 is 1.16 bits per heavy atom. The van der Waals surface area contributed by atoms with Crippen LogP contribution in [0.2, 0.25) is 0 Å². The lowest BCUT2D eigenvalue weighted by Gasteiger charge is -2.27. The zero-order valence-corrected chi connectivity index (χ0v) is 17.1. The van der Waals surface area contributed by atoms with Crippen molar-refractivity contribution in [1.82, 2.24) is 15.1 Å². The van der Waals surface area contributed by atoms with E-state index in [1.54, 1.807) is 36.5 Å². The molecule has 0 aliphatic heterocycles. The highest BCUT2D eigenvalue weighted by molar-refractivity contribution is 5.82. The van der Waals surface area contributed by atoms with Crippen molar-refractivity contribution in [3.63, 3.8) is 0 Å². The molecule has 1 N–H and O–H groups in total. The van der Waals surface area contributed by atoms with Crippen LogP contribution < -0.4 is 10.1 Å². The van der Waals surface area contributed by atoms with Crippen molar-refractivity contribution < 1.29 is 22.7 Å². The normalized spacial score (nSPS) is 16.9. The quantitative estimate of drug-likeness (QED) is 0.573. The first-order valence-corrected chi connectivity index (χ1v) is 10.4. The number of rotatable bonds is 6. The van der Waals surface area contributed by atoms with Gasteiger partial charge in [-0.2, -0.15) is 18.3 Å². The molecule has 1 saturated carbocycles. The standard InChI is InChI=1S/C23H24F3N3O2/c1-15(28-22(30)23(24,25)26)21(16-7-3-2-4-8-16)31-19-11-12-20-17(13-19)14-27-29(20)18-9-5-6-10-18/h2-4,7-8,11-15,18,21H,5-6,9-10H2,1H3,(H,28,30). The van der Waals surface area contributed by atoms with Crippen molar-refractivity contribution in [3.05, 3.63) is 60.3 Å². The van der Waals surface area contributed by atoms with Gasteiger partial charge in [-0.3, -0.25) is 9.48 Å². The van der Waals surface area contributed by atoms with Gasteiger partial charge in [-0.05, 0) is 43.5 Å².